The summed E-state index contributed by atoms with van der Waals surface area (Å²) in [6, 6.07) is 1.19. The van der Waals surface area contributed by atoms with Gasteiger partial charge in [-0.05, 0) is 49.5 Å². The molecule has 38 heavy (non-hydrogen) atoms. The number of H-pyrrole nitrogens is 1. The van der Waals surface area contributed by atoms with Crippen LogP contribution in [0.15, 0.2) is 36.8 Å². The highest BCUT2D eigenvalue weighted by molar-refractivity contribution is 7.98. The highest BCUT2D eigenvalue weighted by atomic mass is 32.2. The summed E-state index contributed by atoms with van der Waals surface area (Å²) in [5.41, 5.74) is 7.15. The van der Waals surface area contributed by atoms with E-state index in [0.717, 1.165) is 0 Å². The van der Waals surface area contributed by atoms with E-state index < -0.39 is 54.0 Å². The number of imidazole rings is 1. The minimum absolute atomic E-state index is 0.0483. The number of aromatic nitrogens is 2. The van der Waals surface area contributed by atoms with Crippen LogP contribution in [-0.4, -0.2) is 91.3 Å². The van der Waals surface area contributed by atoms with Crippen molar-refractivity contribution >= 4 is 35.5 Å². The molecule has 0 aliphatic heterocycles. The van der Waals surface area contributed by atoms with Gasteiger partial charge in [-0.3, -0.25) is 14.4 Å². The highest BCUT2D eigenvalue weighted by Crippen LogP contribution is 2.11. The number of carbonyl (C=O) groups excluding carboxylic acids is 3. The van der Waals surface area contributed by atoms with E-state index in [2.05, 4.69) is 25.9 Å². The second-order valence-electron chi connectivity index (χ2n) is 8.73. The van der Waals surface area contributed by atoms with E-state index in [4.69, 9.17) is 5.73 Å². The summed E-state index contributed by atoms with van der Waals surface area (Å²) >= 11 is 1.43. The lowest BCUT2D eigenvalue weighted by Crippen LogP contribution is -2.60. The molecule has 13 nitrogen and oxygen atoms in total. The van der Waals surface area contributed by atoms with Gasteiger partial charge >= 0.3 is 5.97 Å². The van der Waals surface area contributed by atoms with Crippen LogP contribution in [0.1, 0.15) is 24.6 Å². The molecule has 2 rings (SSSR count). The number of aliphatic carboxylic acids is 1. The Bertz CT molecular complexity index is 1060. The summed E-state index contributed by atoms with van der Waals surface area (Å²) in [4.78, 5) is 57.1. The Labute approximate surface area is 224 Å². The van der Waals surface area contributed by atoms with Gasteiger partial charge in [-0.1, -0.05) is 12.1 Å². The molecule has 0 saturated carbocycles. The molecule has 1 aromatic heterocycles. The molecule has 0 aliphatic rings. The monoisotopic (exact) mass is 550 g/mol. The quantitative estimate of drug-likeness (QED) is 0.134. The van der Waals surface area contributed by atoms with Gasteiger partial charge in [0.05, 0.1) is 18.5 Å². The first-order valence-electron chi connectivity index (χ1n) is 11.8. The number of nitrogens with one attached hydrogen (secondary N) is 4. The summed E-state index contributed by atoms with van der Waals surface area (Å²) in [6.45, 7) is 1.29. The third kappa shape index (κ3) is 9.68. The zero-order chi connectivity index (χ0) is 28.2. The Morgan fingerprint density at radius 2 is 1.68 bits per heavy atom. The number of aliphatic hydroxyl groups excluding tert-OH is 1. The van der Waals surface area contributed by atoms with Crippen molar-refractivity contribution in [3.8, 4) is 5.75 Å². The number of rotatable bonds is 15. The van der Waals surface area contributed by atoms with E-state index in [-0.39, 0.29) is 25.0 Å². The number of nitrogens with zero attached hydrogens (tertiary/aromatic N) is 1. The highest BCUT2D eigenvalue weighted by Gasteiger charge is 2.32. The zero-order valence-electron chi connectivity index (χ0n) is 21.1. The summed E-state index contributed by atoms with van der Waals surface area (Å²) in [7, 11) is 0. The van der Waals surface area contributed by atoms with Gasteiger partial charge in [0.2, 0.25) is 17.7 Å². The van der Waals surface area contributed by atoms with E-state index in [1.165, 1.54) is 43.3 Å². The maximum absolute atomic E-state index is 13.1. The second kappa shape index (κ2) is 15.0. The molecule has 0 saturated heterocycles. The van der Waals surface area contributed by atoms with Gasteiger partial charge in [-0.2, -0.15) is 11.8 Å². The molecular formula is C24H34N6O7S. The van der Waals surface area contributed by atoms with Gasteiger partial charge in [0.1, 0.15) is 23.9 Å². The Kier molecular flexibility index (Phi) is 12.0. The number of phenolic OH excluding ortho intramolecular Hbond substituents is 1. The number of amides is 3. The molecule has 1 aromatic carbocycles. The minimum atomic E-state index is -1.45. The molecule has 3 amide bonds. The van der Waals surface area contributed by atoms with Crippen molar-refractivity contribution in [1.82, 2.24) is 25.9 Å². The molecule has 0 spiro atoms. The van der Waals surface area contributed by atoms with Crippen molar-refractivity contribution in [2.45, 2.75) is 56.5 Å². The number of aromatic amines is 1. The second-order valence-corrected chi connectivity index (χ2v) is 9.71. The number of aromatic hydroxyl groups is 1. The van der Waals surface area contributed by atoms with Gasteiger partial charge < -0.3 is 42.0 Å². The van der Waals surface area contributed by atoms with Gasteiger partial charge in [-0.15, -0.1) is 0 Å². The standard InChI is InChI=1S/C24H34N6O7S/c1-13(31)20(30-21(33)17(25)9-14-3-5-16(32)6-4-14)23(35)29-19(10-15-11-26-12-27-15)22(34)28-18(24(36)37)7-8-38-2/h3-6,11-13,17-20,31-32H,7-10,25H2,1-2H3,(H,26,27)(H,28,34)(H,29,35)(H,30,33)(H,36,37). The third-order valence-corrected chi connectivity index (χ3v) is 6.27. The predicted molar refractivity (Wildman–Crippen MR) is 140 cm³/mol. The minimum Gasteiger partial charge on any atom is -0.508 e. The molecule has 0 aliphatic carbocycles. The number of carbonyl (C=O) groups is 4. The summed E-state index contributed by atoms with van der Waals surface area (Å²) in [5, 5.41) is 36.4. The van der Waals surface area contributed by atoms with Gasteiger partial charge in [-0.25, -0.2) is 9.78 Å². The number of benzene rings is 1. The molecule has 0 fully saturated rings. The van der Waals surface area contributed by atoms with Gasteiger partial charge in [0, 0.05) is 18.3 Å². The fraction of sp³-hybridized carbons (Fsp3) is 0.458. The molecular weight excluding hydrogens is 516 g/mol. The Hall–Kier alpha value is -3.62. The molecule has 14 heteroatoms. The molecule has 5 atom stereocenters. The molecule has 208 valence electrons. The van der Waals surface area contributed by atoms with Crippen LogP contribution < -0.4 is 21.7 Å². The van der Waals surface area contributed by atoms with Crippen LogP contribution in [0, 0.1) is 0 Å². The van der Waals surface area contributed by atoms with Gasteiger partial charge in [0.25, 0.3) is 0 Å². The van der Waals surface area contributed by atoms with Crippen LogP contribution in [0.25, 0.3) is 0 Å². The largest absolute Gasteiger partial charge is 0.508 e. The van der Waals surface area contributed by atoms with E-state index in [1.54, 1.807) is 12.1 Å². The average Bonchev–Trinajstić information content (AvgIpc) is 3.38. The number of carboxylic acids is 1. The van der Waals surface area contributed by atoms with Crippen LogP contribution in [0.2, 0.25) is 0 Å². The van der Waals surface area contributed by atoms with Crippen molar-refractivity contribution in [3.05, 3.63) is 48.0 Å². The van der Waals surface area contributed by atoms with Crippen molar-refractivity contribution in [3.63, 3.8) is 0 Å². The zero-order valence-corrected chi connectivity index (χ0v) is 21.9. The lowest BCUT2D eigenvalue weighted by atomic mass is 10.0. The maximum atomic E-state index is 13.1. The molecule has 9 N–H and O–H groups in total. The number of thioether (sulfide) groups is 1. The number of hydrogen-bond donors (Lipinski definition) is 8. The van der Waals surface area contributed by atoms with Crippen molar-refractivity contribution in [2.24, 2.45) is 5.73 Å². The van der Waals surface area contributed by atoms with Crippen molar-refractivity contribution < 1.29 is 34.5 Å². The van der Waals surface area contributed by atoms with Crippen LogP contribution in [0.4, 0.5) is 0 Å². The summed E-state index contributed by atoms with van der Waals surface area (Å²) < 4.78 is 0. The molecule has 0 bridgehead atoms. The first-order chi connectivity index (χ1) is 18.0. The molecule has 0 radical (unpaired) electrons. The fourth-order valence-corrected chi connectivity index (χ4v) is 3.97. The number of phenols is 1. The molecule has 5 unspecified atom stereocenters. The summed E-state index contributed by atoms with van der Waals surface area (Å²) in [5.74, 6) is -2.98. The lowest BCUT2D eigenvalue weighted by Gasteiger charge is -2.26. The molecule has 1 heterocycles. The van der Waals surface area contributed by atoms with Crippen LogP contribution in [0.5, 0.6) is 5.75 Å². The SMILES string of the molecule is CSCCC(NC(=O)C(Cc1cnc[nH]1)NC(=O)C(NC(=O)C(N)Cc1ccc(O)cc1)C(C)O)C(=O)O. The third-order valence-electron chi connectivity index (χ3n) is 5.63. The van der Waals surface area contributed by atoms with E-state index in [1.807, 2.05) is 6.26 Å². The number of hydrogen-bond acceptors (Lipinski definition) is 9. The van der Waals surface area contributed by atoms with E-state index >= 15 is 0 Å². The van der Waals surface area contributed by atoms with Crippen LogP contribution >= 0.6 is 11.8 Å². The first-order valence-corrected chi connectivity index (χ1v) is 13.2. The van der Waals surface area contributed by atoms with Gasteiger partial charge in [0.15, 0.2) is 0 Å². The lowest BCUT2D eigenvalue weighted by molar-refractivity contribution is -0.142. The van der Waals surface area contributed by atoms with Crippen molar-refractivity contribution in [1.29, 1.82) is 0 Å². The fourth-order valence-electron chi connectivity index (χ4n) is 3.50. The normalized spacial score (nSPS) is 14.9. The number of carboxylic acid groups (broad SMARTS) is 1. The van der Waals surface area contributed by atoms with E-state index in [0.29, 0.717) is 17.0 Å². The Balaban J connectivity index is 2.12. The number of aliphatic hydroxyl groups is 1. The first kappa shape index (κ1) is 30.6. The van der Waals surface area contributed by atoms with E-state index in [9.17, 15) is 34.5 Å². The summed E-state index contributed by atoms with van der Waals surface area (Å²) in [6.07, 6.45) is 3.54. The average molecular weight is 551 g/mol. The topological polar surface area (TPSA) is 220 Å². The Morgan fingerprint density at radius 1 is 1.03 bits per heavy atom. The van der Waals surface area contributed by atoms with Crippen LogP contribution in [-0.2, 0) is 32.0 Å². The number of nitrogens with two attached hydrogens (primary N) is 1. The smallest absolute Gasteiger partial charge is 0.326 e. The maximum Gasteiger partial charge on any atom is 0.326 e. The van der Waals surface area contributed by atoms with Crippen LogP contribution in [0.3, 0.4) is 0 Å². The van der Waals surface area contributed by atoms with Crippen molar-refractivity contribution in [2.75, 3.05) is 12.0 Å². The Morgan fingerprint density at radius 3 is 2.24 bits per heavy atom. The molecule has 2 aromatic rings. The predicted octanol–water partition coefficient (Wildman–Crippen LogP) is -1.10.